The van der Waals surface area contributed by atoms with Gasteiger partial charge in [-0.2, -0.15) is 0 Å². The van der Waals surface area contributed by atoms with Crippen molar-refractivity contribution < 1.29 is 4.79 Å². The van der Waals surface area contributed by atoms with Gasteiger partial charge in [0, 0.05) is 24.9 Å². The third-order valence-corrected chi connectivity index (χ3v) is 3.68. The Morgan fingerprint density at radius 2 is 1.94 bits per heavy atom. The number of nitrogens with two attached hydrogens (primary N) is 1. The van der Waals surface area contributed by atoms with Gasteiger partial charge in [-0.1, -0.05) is 30.3 Å². The molecule has 0 spiro atoms. The van der Waals surface area contributed by atoms with Gasteiger partial charge in [0.2, 0.25) is 5.91 Å². The summed E-state index contributed by atoms with van der Waals surface area (Å²) in [6.07, 6.45) is 0.592. The first kappa shape index (κ1) is 12.1. The molecule has 1 heterocycles. The Morgan fingerprint density at radius 3 is 2.47 bits per heavy atom. The van der Waals surface area contributed by atoms with Gasteiger partial charge in [-0.15, -0.1) is 0 Å². The molecule has 1 saturated heterocycles. The molecule has 0 unspecified atom stereocenters. The minimum atomic E-state index is 0.0897. The molecule has 1 aromatic carbocycles. The molecule has 2 rings (SSSR count). The first-order chi connectivity index (χ1) is 8.09. The van der Waals surface area contributed by atoms with Crippen LogP contribution in [0.25, 0.3) is 0 Å². The first-order valence-corrected chi connectivity index (χ1v) is 6.19. The molecule has 3 atom stereocenters. The fourth-order valence-corrected chi connectivity index (χ4v) is 2.40. The molecular formula is C14H20N2O. The molecule has 2 N–H and O–H groups in total. The lowest BCUT2D eigenvalue weighted by molar-refractivity contribution is -0.129. The van der Waals surface area contributed by atoms with E-state index in [0.717, 1.165) is 6.54 Å². The summed E-state index contributed by atoms with van der Waals surface area (Å²) in [4.78, 5) is 13.9. The Labute approximate surface area is 103 Å². The molecule has 3 heteroatoms. The number of nitrogens with zero attached hydrogens (tertiary/aromatic N) is 1. The average Bonchev–Trinajstić information content (AvgIpc) is 2.72. The molecule has 1 aliphatic heterocycles. The van der Waals surface area contributed by atoms with Crippen LogP contribution >= 0.6 is 0 Å². The third kappa shape index (κ3) is 2.50. The number of hydrogen-bond acceptors (Lipinski definition) is 2. The summed E-state index contributed by atoms with van der Waals surface area (Å²) in [7, 11) is 0. The van der Waals surface area contributed by atoms with Gasteiger partial charge in [-0.05, 0) is 19.4 Å². The van der Waals surface area contributed by atoms with E-state index in [4.69, 9.17) is 5.73 Å². The maximum Gasteiger partial charge on any atom is 0.223 e. The van der Waals surface area contributed by atoms with Crippen LogP contribution in [0.1, 0.15) is 31.9 Å². The number of likely N-dealkylation sites (tertiary alicyclic amines) is 1. The summed E-state index contributed by atoms with van der Waals surface area (Å²) < 4.78 is 0. The second-order valence-corrected chi connectivity index (χ2v) is 4.96. The molecule has 1 aliphatic rings. The number of rotatable bonds is 3. The van der Waals surface area contributed by atoms with Crippen LogP contribution in [0.5, 0.6) is 0 Å². The minimum Gasteiger partial charge on any atom is -0.336 e. The predicted molar refractivity (Wildman–Crippen MR) is 68.3 cm³/mol. The van der Waals surface area contributed by atoms with Gasteiger partial charge in [-0.3, -0.25) is 4.79 Å². The van der Waals surface area contributed by atoms with Crippen LogP contribution < -0.4 is 5.73 Å². The third-order valence-electron chi connectivity index (χ3n) is 3.68. The number of benzene rings is 1. The van der Waals surface area contributed by atoms with Gasteiger partial charge in [0.1, 0.15) is 0 Å². The number of carbonyl (C=O) groups is 1. The zero-order valence-electron chi connectivity index (χ0n) is 10.5. The van der Waals surface area contributed by atoms with E-state index in [1.807, 2.05) is 30.0 Å². The summed E-state index contributed by atoms with van der Waals surface area (Å²) in [5.74, 6) is 0.525. The van der Waals surface area contributed by atoms with E-state index in [-0.39, 0.29) is 18.0 Å². The van der Waals surface area contributed by atoms with Crippen molar-refractivity contribution in [3.05, 3.63) is 35.9 Å². The fourth-order valence-electron chi connectivity index (χ4n) is 2.40. The monoisotopic (exact) mass is 232 g/mol. The number of amides is 1. The van der Waals surface area contributed by atoms with E-state index >= 15 is 0 Å². The Kier molecular flexibility index (Phi) is 3.48. The van der Waals surface area contributed by atoms with E-state index in [2.05, 4.69) is 19.1 Å². The van der Waals surface area contributed by atoms with E-state index in [1.165, 1.54) is 5.56 Å². The van der Waals surface area contributed by atoms with Crippen LogP contribution in [0.15, 0.2) is 30.3 Å². The van der Waals surface area contributed by atoms with Gasteiger partial charge in [0.15, 0.2) is 0 Å². The van der Waals surface area contributed by atoms with Gasteiger partial charge in [-0.25, -0.2) is 0 Å². The van der Waals surface area contributed by atoms with E-state index in [1.54, 1.807) is 0 Å². The zero-order chi connectivity index (χ0) is 12.4. The summed E-state index contributed by atoms with van der Waals surface area (Å²) in [5.41, 5.74) is 7.07. The molecule has 17 heavy (non-hydrogen) atoms. The van der Waals surface area contributed by atoms with Crippen LogP contribution in [-0.2, 0) is 4.79 Å². The van der Waals surface area contributed by atoms with E-state index in [0.29, 0.717) is 12.3 Å². The van der Waals surface area contributed by atoms with Gasteiger partial charge in [0.05, 0.1) is 6.04 Å². The summed E-state index contributed by atoms with van der Waals surface area (Å²) in [6.45, 7) is 4.85. The van der Waals surface area contributed by atoms with Crippen molar-refractivity contribution >= 4 is 5.91 Å². The summed E-state index contributed by atoms with van der Waals surface area (Å²) in [5, 5.41) is 0. The quantitative estimate of drug-likeness (QED) is 0.865. The Morgan fingerprint density at radius 1 is 1.29 bits per heavy atom. The van der Waals surface area contributed by atoms with Crippen molar-refractivity contribution in [2.45, 2.75) is 32.4 Å². The van der Waals surface area contributed by atoms with E-state index in [9.17, 15) is 4.79 Å². The van der Waals surface area contributed by atoms with Crippen molar-refractivity contribution in [1.82, 2.24) is 4.90 Å². The molecular weight excluding hydrogens is 212 g/mol. The fraction of sp³-hybridized carbons (Fsp3) is 0.500. The van der Waals surface area contributed by atoms with Gasteiger partial charge in [0.25, 0.3) is 0 Å². The zero-order valence-corrected chi connectivity index (χ0v) is 10.5. The van der Waals surface area contributed by atoms with Gasteiger partial charge >= 0.3 is 0 Å². The molecule has 0 radical (unpaired) electrons. The lowest BCUT2D eigenvalue weighted by Gasteiger charge is -2.25. The molecule has 0 aromatic heterocycles. The normalized spacial score (nSPS) is 23.8. The van der Waals surface area contributed by atoms with Crippen LogP contribution in [0.3, 0.4) is 0 Å². The summed E-state index contributed by atoms with van der Waals surface area (Å²) in [6, 6.07) is 10.4. The van der Waals surface area contributed by atoms with E-state index < -0.39 is 0 Å². The number of carbonyl (C=O) groups excluding carboxylic acids is 1. The van der Waals surface area contributed by atoms with Crippen LogP contribution in [-0.4, -0.2) is 23.4 Å². The van der Waals surface area contributed by atoms with Crippen molar-refractivity contribution in [3.63, 3.8) is 0 Å². The molecule has 0 saturated carbocycles. The smallest absolute Gasteiger partial charge is 0.223 e. The predicted octanol–water partition coefficient (Wildman–Crippen LogP) is 1.94. The van der Waals surface area contributed by atoms with Crippen molar-refractivity contribution in [3.8, 4) is 0 Å². The maximum atomic E-state index is 12.0. The second kappa shape index (κ2) is 4.88. The SMILES string of the molecule is C[C@H](c1ccccc1)N1C[C@H]([C@@H](C)N)CC1=O. The average molecular weight is 232 g/mol. The van der Waals surface area contributed by atoms with Crippen LogP contribution in [0, 0.1) is 5.92 Å². The second-order valence-electron chi connectivity index (χ2n) is 4.96. The molecule has 0 bridgehead atoms. The highest BCUT2D eigenvalue weighted by Gasteiger charge is 2.34. The first-order valence-electron chi connectivity index (χ1n) is 6.19. The van der Waals surface area contributed by atoms with Crippen LogP contribution in [0.4, 0.5) is 0 Å². The van der Waals surface area contributed by atoms with Crippen molar-refractivity contribution in [1.29, 1.82) is 0 Å². The maximum absolute atomic E-state index is 12.0. The highest BCUT2D eigenvalue weighted by molar-refractivity contribution is 5.79. The van der Waals surface area contributed by atoms with Crippen molar-refractivity contribution in [2.24, 2.45) is 11.7 Å². The molecule has 1 fully saturated rings. The highest BCUT2D eigenvalue weighted by Crippen LogP contribution is 2.29. The Bertz CT molecular complexity index is 388. The lowest BCUT2D eigenvalue weighted by atomic mass is 10.0. The number of hydrogen-bond donors (Lipinski definition) is 1. The largest absolute Gasteiger partial charge is 0.336 e. The minimum absolute atomic E-state index is 0.0897. The molecule has 92 valence electrons. The summed E-state index contributed by atoms with van der Waals surface area (Å²) >= 11 is 0. The Hall–Kier alpha value is -1.35. The molecule has 0 aliphatic carbocycles. The Balaban J connectivity index is 2.11. The standard InChI is InChI=1S/C14H20N2O/c1-10(15)13-8-14(17)16(9-13)11(2)12-6-4-3-5-7-12/h3-7,10-11,13H,8-9,15H2,1-2H3/t10-,11-,13-/m1/s1. The molecule has 1 aromatic rings. The van der Waals surface area contributed by atoms with Gasteiger partial charge < -0.3 is 10.6 Å². The lowest BCUT2D eigenvalue weighted by Crippen LogP contribution is -2.32. The topological polar surface area (TPSA) is 46.3 Å². The van der Waals surface area contributed by atoms with Crippen molar-refractivity contribution in [2.75, 3.05) is 6.54 Å². The highest BCUT2D eigenvalue weighted by atomic mass is 16.2. The van der Waals surface area contributed by atoms with Crippen LogP contribution in [0.2, 0.25) is 0 Å². The molecule has 1 amide bonds. The molecule has 3 nitrogen and oxygen atoms in total.